The molecular weight excluding hydrogens is 518 g/mol. The summed E-state index contributed by atoms with van der Waals surface area (Å²) in [6.45, 7) is 4.37. The molecule has 39 heavy (non-hydrogen) atoms. The Bertz CT molecular complexity index is 1270. The largest absolute Gasteiger partial charge is 0.481 e. The number of pyridine rings is 1. The minimum absolute atomic E-state index is 0.000197. The van der Waals surface area contributed by atoms with Crippen molar-refractivity contribution >= 4 is 17.6 Å². The van der Waals surface area contributed by atoms with E-state index in [-0.39, 0.29) is 48.9 Å². The zero-order valence-electron chi connectivity index (χ0n) is 21.4. The Morgan fingerprint density at radius 3 is 2.36 bits per heavy atom. The Morgan fingerprint density at radius 1 is 1.08 bits per heavy atom. The van der Waals surface area contributed by atoms with Crippen LogP contribution in [0.1, 0.15) is 42.6 Å². The molecule has 0 fully saturated rings. The van der Waals surface area contributed by atoms with Gasteiger partial charge in [-0.1, -0.05) is 26.3 Å². The average molecular weight is 548 g/mol. The van der Waals surface area contributed by atoms with Crippen molar-refractivity contribution in [2.45, 2.75) is 38.9 Å². The molecule has 0 spiro atoms. The number of halogens is 4. The molecule has 2 atom stereocenters. The van der Waals surface area contributed by atoms with E-state index in [0.717, 1.165) is 24.2 Å². The lowest BCUT2D eigenvalue weighted by Gasteiger charge is -2.25. The molecule has 3 N–H and O–H groups in total. The van der Waals surface area contributed by atoms with Gasteiger partial charge in [0.15, 0.2) is 0 Å². The third-order valence-electron chi connectivity index (χ3n) is 6.21. The number of aromatic nitrogens is 1. The van der Waals surface area contributed by atoms with E-state index >= 15 is 0 Å². The quantitative estimate of drug-likeness (QED) is 0.240. The summed E-state index contributed by atoms with van der Waals surface area (Å²) in [4.78, 5) is 26.9. The summed E-state index contributed by atoms with van der Waals surface area (Å²) in [6, 6.07) is 12.0. The number of rotatable bonds is 12. The van der Waals surface area contributed by atoms with Crippen LogP contribution in [0, 0.1) is 11.7 Å². The fourth-order valence-corrected chi connectivity index (χ4v) is 3.68. The van der Waals surface area contributed by atoms with Crippen LogP contribution in [0.15, 0.2) is 60.8 Å². The monoisotopic (exact) mass is 547 g/mol. The third kappa shape index (κ3) is 8.42. The van der Waals surface area contributed by atoms with Gasteiger partial charge in [-0.05, 0) is 48.4 Å². The third-order valence-corrected chi connectivity index (χ3v) is 6.21. The molecule has 208 valence electrons. The Kier molecular flexibility index (Phi) is 9.86. The van der Waals surface area contributed by atoms with Gasteiger partial charge in [-0.2, -0.15) is 13.2 Å². The van der Waals surface area contributed by atoms with Gasteiger partial charge in [-0.3, -0.25) is 9.59 Å². The summed E-state index contributed by atoms with van der Waals surface area (Å²) < 4.78 is 58.6. The zero-order chi connectivity index (χ0) is 28.6. The first-order valence-corrected chi connectivity index (χ1v) is 12.3. The molecule has 3 rings (SSSR count). The summed E-state index contributed by atoms with van der Waals surface area (Å²) in [5.41, 5.74) is 0.412. The van der Waals surface area contributed by atoms with Crippen LogP contribution in [0.5, 0.6) is 5.88 Å². The van der Waals surface area contributed by atoms with Crippen LogP contribution in [0.4, 0.5) is 23.2 Å². The maximum atomic E-state index is 14.3. The molecule has 2 aromatic carbocycles. The van der Waals surface area contributed by atoms with Gasteiger partial charge in [-0.15, -0.1) is 0 Å². The van der Waals surface area contributed by atoms with Gasteiger partial charge in [0.25, 0.3) is 5.91 Å². The minimum Gasteiger partial charge on any atom is -0.481 e. The Labute approximate surface area is 223 Å². The number of hydrogen-bond acceptors (Lipinski definition) is 5. The Balaban J connectivity index is 1.61. The smallest absolute Gasteiger partial charge is 0.416 e. The standard InChI is InChI=1S/C28H29F4N3O4/c1-3-17(2)24(35-21-8-4-18(5-9-21)27(38)33-13-12-26(36)37)16-39-25-11-6-19(15-34-25)22-10-7-20(14-23(22)29)28(30,31)32/h4-11,14-15,17,24,35H,3,12-13,16H2,1-2H3,(H,33,38)(H,36,37). The van der Waals surface area contributed by atoms with Gasteiger partial charge in [-0.25, -0.2) is 9.37 Å². The maximum Gasteiger partial charge on any atom is 0.416 e. The van der Waals surface area contributed by atoms with Crippen LogP contribution < -0.4 is 15.4 Å². The van der Waals surface area contributed by atoms with Crippen LogP contribution in [-0.4, -0.2) is 41.2 Å². The number of benzene rings is 2. The van der Waals surface area contributed by atoms with E-state index < -0.39 is 23.5 Å². The molecule has 2 unspecified atom stereocenters. The Morgan fingerprint density at radius 2 is 1.79 bits per heavy atom. The number of ether oxygens (including phenoxy) is 1. The van der Waals surface area contributed by atoms with E-state index in [9.17, 15) is 27.2 Å². The number of carbonyl (C=O) groups is 2. The van der Waals surface area contributed by atoms with Crippen LogP contribution in [0.3, 0.4) is 0 Å². The summed E-state index contributed by atoms with van der Waals surface area (Å²) in [5.74, 6) is -1.88. The fourth-order valence-electron chi connectivity index (χ4n) is 3.68. The average Bonchev–Trinajstić information content (AvgIpc) is 2.90. The van der Waals surface area contributed by atoms with Crippen molar-refractivity contribution in [3.63, 3.8) is 0 Å². The first-order valence-electron chi connectivity index (χ1n) is 12.3. The molecule has 1 amide bonds. The second-order valence-corrected chi connectivity index (χ2v) is 9.00. The number of carboxylic acids is 1. The number of anilines is 1. The van der Waals surface area contributed by atoms with Gasteiger partial charge in [0.05, 0.1) is 18.0 Å². The zero-order valence-corrected chi connectivity index (χ0v) is 21.4. The summed E-state index contributed by atoms with van der Waals surface area (Å²) >= 11 is 0. The lowest BCUT2D eigenvalue weighted by atomic mass is 9.99. The van der Waals surface area contributed by atoms with Gasteiger partial charge >= 0.3 is 12.1 Å². The fraction of sp³-hybridized carbons (Fsp3) is 0.321. The van der Waals surface area contributed by atoms with Crippen molar-refractivity contribution in [2.24, 2.45) is 5.92 Å². The van der Waals surface area contributed by atoms with Gasteiger partial charge in [0.1, 0.15) is 12.4 Å². The summed E-state index contributed by atoms with van der Waals surface area (Å²) in [6.07, 6.45) is -2.60. The molecule has 0 aliphatic rings. The first-order chi connectivity index (χ1) is 18.5. The highest BCUT2D eigenvalue weighted by atomic mass is 19.4. The summed E-state index contributed by atoms with van der Waals surface area (Å²) in [5, 5.41) is 14.6. The van der Waals surface area contributed by atoms with E-state index in [4.69, 9.17) is 9.84 Å². The number of aliphatic carboxylic acids is 1. The van der Waals surface area contributed by atoms with E-state index in [1.54, 1.807) is 24.3 Å². The van der Waals surface area contributed by atoms with Gasteiger partial charge in [0, 0.05) is 41.2 Å². The van der Waals surface area contributed by atoms with Crippen LogP contribution >= 0.6 is 0 Å². The number of amides is 1. The van der Waals surface area contributed by atoms with Crippen molar-refractivity contribution < 1.29 is 37.0 Å². The molecule has 11 heteroatoms. The van der Waals surface area contributed by atoms with Crippen molar-refractivity contribution in [3.05, 3.63) is 77.7 Å². The molecule has 0 saturated carbocycles. The maximum absolute atomic E-state index is 14.3. The molecule has 0 saturated heterocycles. The molecule has 0 bridgehead atoms. The molecule has 0 aliphatic heterocycles. The number of carbonyl (C=O) groups excluding carboxylic acids is 1. The van der Waals surface area contributed by atoms with E-state index in [0.29, 0.717) is 17.2 Å². The highest BCUT2D eigenvalue weighted by Crippen LogP contribution is 2.33. The second kappa shape index (κ2) is 13.1. The molecule has 1 heterocycles. The highest BCUT2D eigenvalue weighted by Gasteiger charge is 2.31. The number of hydrogen-bond donors (Lipinski definition) is 3. The normalized spacial score (nSPS) is 12.9. The van der Waals surface area contributed by atoms with Crippen LogP contribution in [0.25, 0.3) is 11.1 Å². The predicted molar refractivity (Wildman–Crippen MR) is 138 cm³/mol. The van der Waals surface area contributed by atoms with Crippen molar-refractivity contribution in [1.82, 2.24) is 10.3 Å². The van der Waals surface area contributed by atoms with Crippen LogP contribution in [0.2, 0.25) is 0 Å². The van der Waals surface area contributed by atoms with Crippen molar-refractivity contribution in [2.75, 3.05) is 18.5 Å². The topological polar surface area (TPSA) is 101 Å². The number of carboxylic acid groups (broad SMARTS) is 1. The first kappa shape index (κ1) is 29.4. The van der Waals surface area contributed by atoms with Crippen molar-refractivity contribution in [1.29, 1.82) is 0 Å². The second-order valence-electron chi connectivity index (χ2n) is 9.00. The molecule has 7 nitrogen and oxygen atoms in total. The lowest BCUT2D eigenvalue weighted by Crippen LogP contribution is -2.33. The van der Waals surface area contributed by atoms with Crippen LogP contribution in [-0.2, 0) is 11.0 Å². The van der Waals surface area contributed by atoms with Gasteiger partial charge in [0.2, 0.25) is 5.88 Å². The lowest BCUT2D eigenvalue weighted by molar-refractivity contribution is -0.138. The molecule has 0 aliphatic carbocycles. The van der Waals surface area contributed by atoms with Crippen molar-refractivity contribution in [3.8, 4) is 17.0 Å². The molecule has 1 aromatic heterocycles. The summed E-state index contributed by atoms with van der Waals surface area (Å²) in [7, 11) is 0. The van der Waals surface area contributed by atoms with Gasteiger partial charge < -0.3 is 20.5 Å². The molecule has 3 aromatic rings. The van der Waals surface area contributed by atoms with E-state index in [2.05, 4.69) is 22.5 Å². The molecular formula is C28H29F4N3O4. The molecule has 0 radical (unpaired) electrons. The Hall–Kier alpha value is -4.15. The SMILES string of the molecule is CCC(C)C(COc1ccc(-c2ccc(C(F)(F)F)cc2F)cn1)Nc1ccc(C(=O)NCCC(=O)O)cc1. The number of alkyl halides is 3. The number of nitrogens with one attached hydrogen (secondary N) is 2. The highest BCUT2D eigenvalue weighted by molar-refractivity contribution is 5.94. The van der Waals surface area contributed by atoms with E-state index in [1.807, 2.05) is 6.92 Å². The predicted octanol–water partition coefficient (Wildman–Crippen LogP) is 6.02. The van der Waals surface area contributed by atoms with E-state index in [1.165, 1.54) is 18.3 Å². The minimum atomic E-state index is -4.63. The number of nitrogens with zero attached hydrogens (tertiary/aromatic N) is 1.